The Labute approximate surface area is 126 Å². The summed E-state index contributed by atoms with van der Waals surface area (Å²) < 4.78 is 11.0. The maximum absolute atomic E-state index is 12.0. The van der Waals surface area contributed by atoms with Crippen molar-refractivity contribution in [1.82, 2.24) is 0 Å². The highest BCUT2D eigenvalue weighted by Gasteiger charge is 2.49. The van der Waals surface area contributed by atoms with Crippen molar-refractivity contribution in [3.63, 3.8) is 0 Å². The van der Waals surface area contributed by atoms with Gasteiger partial charge in [0.1, 0.15) is 11.4 Å². The third kappa shape index (κ3) is 2.91. The van der Waals surface area contributed by atoms with E-state index in [2.05, 4.69) is 6.92 Å². The van der Waals surface area contributed by atoms with Crippen molar-refractivity contribution < 1.29 is 14.3 Å². The van der Waals surface area contributed by atoms with Gasteiger partial charge in [-0.15, -0.1) is 0 Å². The number of nitrogens with two attached hydrogens (primary N) is 1. The molecule has 0 saturated carbocycles. The molecule has 1 heterocycles. The van der Waals surface area contributed by atoms with Gasteiger partial charge in [-0.05, 0) is 32.8 Å². The third-order valence-corrected chi connectivity index (χ3v) is 4.39. The topological polar surface area (TPSA) is 61.6 Å². The average Bonchev–Trinajstić information content (AvgIpc) is 2.44. The van der Waals surface area contributed by atoms with Crippen molar-refractivity contribution in [2.24, 2.45) is 5.73 Å². The summed E-state index contributed by atoms with van der Waals surface area (Å²) >= 11 is 0. The van der Waals surface area contributed by atoms with Gasteiger partial charge >= 0.3 is 5.97 Å². The van der Waals surface area contributed by atoms with Crippen LogP contribution in [0.4, 0.5) is 0 Å². The van der Waals surface area contributed by atoms with Crippen LogP contribution in [0, 0.1) is 0 Å². The maximum Gasteiger partial charge on any atom is 0.306 e. The summed E-state index contributed by atoms with van der Waals surface area (Å²) in [4.78, 5) is 12.0. The first kappa shape index (κ1) is 15.8. The molecule has 0 aliphatic carbocycles. The van der Waals surface area contributed by atoms with Crippen LogP contribution in [0.3, 0.4) is 0 Å². The molecular formula is C17H25NO3. The molecule has 0 radical (unpaired) electrons. The Hall–Kier alpha value is -1.55. The Morgan fingerprint density at radius 2 is 2.10 bits per heavy atom. The van der Waals surface area contributed by atoms with Crippen LogP contribution in [0.5, 0.6) is 5.75 Å². The number of rotatable bonds is 4. The number of fused-ring (bicyclic) bond motifs is 1. The number of hydrogen-bond acceptors (Lipinski definition) is 4. The van der Waals surface area contributed by atoms with Gasteiger partial charge in [0.2, 0.25) is 0 Å². The van der Waals surface area contributed by atoms with E-state index in [1.54, 1.807) is 0 Å². The van der Waals surface area contributed by atoms with Gasteiger partial charge in [0, 0.05) is 17.0 Å². The van der Waals surface area contributed by atoms with E-state index in [0.29, 0.717) is 6.42 Å². The zero-order valence-electron chi connectivity index (χ0n) is 13.3. The summed E-state index contributed by atoms with van der Waals surface area (Å²) in [5.74, 6) is 0.591. The molecule has 116 valence electrons. The number of benzene rings is 1. The molecule has 2 atom stereocenters. The molecular weight excluding hydrogens is 266 g/mol. The van der Waals surface area contributed by atoms with Gasteiger partial charge in [-0.1, -0.05) is 25.1 Å². The molecule has 0 bridgehead atoms. The quantitative estimate of drug-likeness (QED) is 0.867. The van der Waals surface area contributed by atoms with Crippen LogP contribution in [-0.4, -0.2) is 24.7 Å². The lowest BCUT2D eigenvalue weighted by Crippen LogP contribution is -2.54. The van der Waals surface area contributed by atoms with Gasteiger partial charge in [0.05, 0.1) is 13.5 Å². The molecule has 1 aliphatic rings. The minimum absolute atomic E-state index is 0.124. The second kappa shape index (κ2) is 5.68. The van der Waals surface area contributed by atoms with Crippen molar-refractivity contribution >= 4 is 5.97 Å². The Balaban J connectivity index is 2.59. The molecule has 0 amide bonds. The van der Waals surface area contributed by atoms with Gasteiger partial charge in [-0.3, -0.25) is 4.79 Å². The minimum Gasteiger partial charge on any atom is -0.488 e. The normalized spacial score (nSPS) is 24.6. The Morgan fingerprint density at radius 1 is 1.43 bits per heavy atom. The molecule has 1 aromatic rings. The lowest BCUT2D eigenvalue weighted by atomic mass is 9.64. The number of methoxy groups -OCH3 is 1. The van der Waals surface area contributed by atoms with Crippen molar-refractivity contribution in [2.75, 3.05) is 7.11 Å². The number of hydrogen-bond donors (Lipinski definition) is 1. The number of esters is 1. The predicted molar refractivity (Wildman–Crippen MR) is 82.3 cm³/mol. The molecule has 1 aromatic carbocycles. The van der Waals surface area contributed by atoms with Crippen LogP contribution in [0.1, 0.15) is 45.6 Å². The number of ether oxygens (including phenoxy) is 2. The average molecular weight is 291 g/mol. The molecule has 2 unspecified atom stereocenters. The van der Waals surface area contributed by atoms with Crippen LogP contribution >= 0.6 is 0 Å². The maximum atomic E-state index is 12.0. The monoisotopic (exact) mass is 291 g/mol. The number of para-hydroxylation sites is 1. The second-order valence-electron chi connectivity index (χ2n) is 6.46. The summed E-state index contributed by atoms with van der Waals surface area (Å²) in [5, 5.41) is 0. The number of carbonyl (C=O) groups is 1. The van der Waals surface area contributed by atoms with E-state index in [1.165, 1.54) is 7.11 Å². The van der Waals surface area contributed by atoms with Crippen LogP contribution < -0.4 is 10.5 Å². The van der Waals surface area contributed by atoms with Crippen molar-refractivity contribution in [1.29, 1.82) is 0 Å². The SMILES string of the molecule is CCC(N)C1(CC(=O)OC)CC(C)(C)Oc2ccccc21. The van der Waals surface area contributed by atoms with E-state index >= 15 is 0 Å². The molecule has 21 heavy (non-hydrogen) atoms. The van der Waals surface area contributed by atoms with Crippen LogP contribution in [0.2, 0.25) is 0 Å². The van der Waals surface area contributed by atoms with E-state index in [9.17, 15) is 4.79 Å². The standard InChI is InChI=1S/C17H25NO3/c1-5-14(18)17(10-15(19)20-4)11-16(2,3)21-13-9-7-6-8-12(13)17/h6-9,14H,5,10-11,18H2,1-4H3. The van der Waals surface area contributed by atoms with Crippen molar-refractivity contribution in [2.45, 2.75) is 57.1 Å². The summed E-state index contributed by atoms with van der Waals surface area (Å²) in [6, 6.07) is 7.75. The van der Waals surface area contributed by atoms with E-state index in [4.69, 9.17) is 15.2 Å². The molecule has 2 rings (SSSR count). The summed E-state index contributed by atoms with van der Waals surface area (Å²) in [5.41, 5.74) is 6.67. The van der Waals surface area contributed by atoms with Crippen LogP contribution in [0.15, 0.2) is 24.3 Å². The number of carbonyl (C=O) groups excluding carboxylic acids is 1. The minimum atomic E-state index is -0.444. The summed E-state index contributed by atoms with van der Waals surface area (Å²) in [7, 11) is 1.42. The van der Waals surface area contributed by atoms with Gasteiger partial charge in [-0.25, -0.2) is 0 Å². The summed E-state index contributed by atoms with van der Waals surface area (Å²) in [6.07, 6.45) is 1.77. The Morgan fingerprint density at radius 3 is 2.71 bits per heavy atom. The van der Waals surface area contributed by atoms with Gasteiger partial charge in [-0.2, -0.15) is 0 Å². The second-order valence-corrected chi connectivity index (χ2v) is 6.46. The fraction of sp³-hybridized carbons (Fsp3) is 0.588. The van der Waals surface area contributed by atoms with Crippen molar-refractivity contribution in [3.8, 4) is 5.75 Å². The third-order valence-electron chi connectivity index (χ3n) is 4.39. The van der Waals surface area contributed by atoms with Gasteiger partial charge in [0.15, 0.2) is 0 Å². The highest BCUT2D eigenvalue weighted by molar-refractivity contribution is 5.72. The van der Waals surface area contributed by atoms with Gasteiger partial charge in [0.25, 0.3) is 0 Å². The van der Waals surface area contributed by atoms with E-state index in [-0.39, 0.29) is 24.0 Å². The fourth-order valence-corrected chi connectivity index (χ4v) is 3.50. The molecule has 0 fully saturated rings. The Bertz CT molecular complexity index is 527. The zero-order valence-corrected chi connectivity index (χ0v) is 13.3. The highest BCUT2D eigenvalue weighted by atomic mass is 16.5. The van der Waals surface area contributed by atoms with Crippen LogP contribution in [-0.2, 0) is 14.9 Å². The molecule has 0 saturated heterocycles. The highest BCUT2D eigenvalue weighted by Crippen LogP contribution is 2.49. The van der Waals surface area contributed by atoms with E-state index in [0.717, 1.165) is 17.7 Å². The lowest BCUT2D eigenvalue weighted by molar-refractivity contribution is -0.143. The molecule has 4 nitrogen and oxygen atoms in total. The Kier molecular flexibility index (Phi) is 4.28. The largest absolute Gasteiger partial charge is 0.488 e. The lowest BCUT2D eigenvalue weighted by Gasteiger charge is -2.48. The summed E-state index contributed by atoms with van der Waals surface area (Å²) in [6.45, 7) is 6.13. The molecule has 4 heteroatoms. The fourth-order valence-electron chi connectivity index (χ4n) is 3.50. The first-order valence-corrected chi connectivity index (χ1v) is 7.45. The molecule has 0 spiro atoms. The zero-order chi connectivity index (χ0) is 15.7. The van der Waals surface area contributed by atoms with Gasteiger partial charge < -0.3 is 15.2 Å². The molecule has 1 aliphatic heterocycles. The first-order chi connectivity index (χ1) is 9.84. The van der Waals surface area contributed by atoms with Crippen molar-refractivity contribution in [3.05, 3.63) is 29.8 Å². The first-order valence-electron chi connectivity index (χ1n) is 7.45. The smallest absolute Gasteiger partial charge is 0.306 e. The predicted octanol–water partition coefficient (Wildman–Crippen LogP) is 2.79. The molecule has 0 aromatic heterocycles. The van der Waals surface area contributed by atoms with E-state index < -0.39 is 5.41 Å². The molecule has 2 N–H and O–H groups in total. The van der Waals surface area contributed by atoms with E-state index in [1.807, 2.05) is 38.1 Å². The van der Waals surface area contributed by atoms with Crippen LogP contribution in [0.25, 0.3) is 0 Å².